The summed E-state index contributed by atoms with van der Waals surface area (Å²) in [5.41, 5.74) is 4.30. The Morgan fingerprint density at radius 1 is 0.976 bits per heavy atom. The number of hydrogen-bond donors (Lipinski definition) is 2. The van der Waals surface area contributed by atoms with E-state index in [4.69, 9.17) is 4.74 Å². The van der Waals surface area contributed by atoms with Crippen LogP contribution >= 0.6 is 0 Å². The van der Waals surface area contributed by atoms with Gasteiger partial charge in [0.15, 0.2) is 6.10 Å². The number of aromatic hydroxyl groups is 1. The van der Waals surface area contributed by atoms with Gasteiger partial charge in [0.05, 0.1) is 0 Å². The van der Waals surface area contributed by atoms with Gasteiger partial charge in [-0.15, -0.1) is 0 Å². The van der Waals surface area contributed by atoms with E-state index < -0.39 is 12.2 Å². The molecule has 2 N–H and O–H groups in total. The summed E-state index contributed by atoms with van der Waals surface area (Å²) >= 11 is 0. The molecule has 0 aliphatic carbocycles. The van der Waals surface area contributed by atoms with E-state index in [0.29, 0.717) is 51.5 Å². The van der Waals surface area contributed by atoms with Crippen LogP contribution in [0.5, 0.6) is 5.75 Å². The molecule has 3 aliphatic rings. The highest BCUT2D eigenvalue weighted by Gasteiger charge is 2.35. The van der Waals surface area contributed by atoms with Gasteiger partial charge in [-0.05, 0) is 80.2 Å². The molecule has 9 heteroatoms. The second-order valence-electron chi connectivity index (χ2n) is 12.1. The molecular formula is C33H44N4O5. The molecule has 2 saturated heterocycles. The highest BCUT2D eigenvalue weighted by Crippen LogP contribution is 2.27. The average Bonchev–Trinajstić information content (AvgIpc) is 3.17. The monoisotopic (exact) mass is 576 g/mol. The summed E-state index contributed by atoms with van der Waals surface area (Å²) in [7, 11) is 0. The molecular weight excluding hydrogens is 532 g/mol. The molecule has 0 saturated carbocycles. The number of nitrogens with one attached hydrogen (secondary N) is 1. The van der Waals surface area contributed by atoms with Crippen molar-refractivity contribution in [3.8, 4) is 5.75 Å². The second kappa shape index (κ2) is 13.0. The van der Waals surface area contributed by atoms with Crippen molar-refractivity contribution < 1.29 is 24.2 Å². The van der Waals surface area contributed by atoms with Crippen molar-refractivity contribution in [2.45, 2.75) is 77.9 Å². The fourth-order valence-corrected chi connectivity index (χ4v) is 6.62. The van der Waals surface area contributed by atoms with Gasteiger partial charge in [0.1, 0.15) is 5.75 Å². The predicted molar refractivity (Wildman–Crippen MR) is 162 cm³/mol. The zero-order valence-corrected chi connectivity index (χ0v) is 25.1. The number of para-hydroxylation sites is 1. The van der Waals surface area contributed by atoms with E-state index in [1.54, 1.807) is 4.90 Å². The van der Waals surface area contributed by atoms with E-state index in [1.807, 2.05) is 60.0 Å². The van der Waals surface area contributed by atoms with Gasteiger partial charge in [0.25, 0.3) is 5.91 Å². The Hall–Kier alpha value is -3.75. The third-order valence-electron chi connectivity index (χ3n) is 9.30. The van der Waals surface area contributed by atoms with E-state index >= 15 is 0 Å². The number of likely N-dealkylation sites (tertiary alicyclic amines) is 2. The van der Waals surface area contributed by atoms with Crippen LogP contribution in [0.4, 0.5) is 15.3 Å². The summed E-state index contributed by atoms with van der Waals surface area (Å²) in [4.78, 5) is 45.5. The van der Waals surface area contributed by atoms with Crippen molar-refractivity contribution >= 4 is 23.7 Å². The summed E-state index contributed by atoms with van der Waals surface area (Å²) in [5, 5.41) is 13.3. The van der Waals surface area contributed by atoms with Gasteiger partial charge in [-0.1, -0.05) is 43.7 Å². The number of amides is 4. The summed E-state index contributed by atoms with van der Waals surface area (Å²) in [5.74, 6) is 0.710. The molecule has 3 heterocycles. The van der Waals surface area contributed by atoms with Crippen LogP contribution in [0, 0.1) is 19.8 Å². The molecule has 2 aromatic rings. The lowest BCUT2D eigenvalue weighted by Gasteiger charge is -2.38. The number of carbonyl (C=O) groups excluding carboxylic acids is 3. The molecule has 0 unspecified atom stereocenters. The molecule has 226 valence electrons. The molecule has 0 aromatic heterocycles. The first-order valence-corrected chi connectivity index (χ1v) is 15.4. The van der Waals surface area contributed by atoms with Crippen LogP contribution in [0.1, 0.15) is 61.3 Å². The molecule has 1 atom stereocenters. The number of carbonyl (C=O) groups is 3. The van der Waals surface area contributed by atoms with Crippen LogP contribution in [0.2, 0.25) is 0 Å². The third-order valence-corrected chi connectivity index (χ3v) is 9.30. The minimum absolute atomic E-state index is 0.0311. The average molecular weight is 577 g/mol. The highest BCUT2D eigenvalue weighted by molar-refractivity contribution is 5.91. The van der Waals surface area contributed by atoms with Crippen LogP contribution in [-0.4, -0.2) is 82.7 Å². The lowest BCUT2D eigenvalue weighted by molar-refractivity contribution is -0.142. The summed E-state index contributed by atoms with van der Waals surface area (Å²) in [6.07, 6.45) is 3.94. The molecule has 3 aliphatic heterocycles. The molecule has 2 fully saturated rings. The van der Waals surface area contributed by atoms with E-state index in [2.05, 4.69) is 12.2 Å². The Balaban J connectivity index is 1.23. The van der Waals surface area contributed by atoms with E-state index in [9.17, 15) is 19.5 Å². The Morgan fingerprint density at radius 2 is 1.62 bits per heavy atom. The Morgan fingerprint density at radius 3 is 2.29 bits per heavy atom. The lowest BCUT2D eigenvalue weighted by atomic mass is 9.93. The van der Waals surface area contributed by atoms with Gasteiger partial charge in [0, 0.05) is 50.9 Å². The van der Waals surface area contributed by atoms with Gasteiger partial charge in [-0.25, -0.2) is 9.59 Å². The Bertz CT molecular complexity index is 1270. The van der Waals surface area contributed by atoms with E-state index in [1.165, 1.54) is 0 Å². The zero-order chi connectivity index (χ0) is 29.8. The van der Waals surface area contributed by atoms with E-state index in [-0.39, 0.29) is 30.2 Å². The standard InChI is InChI=1S/C33H44N4O5/c1-4-24-9-14-35(15-10-24)31(39)29(21-25-19-22(2)30(38)23(3)20-25)42-33(41)36-16-12-27(13-17-36)37-18-11-26-7-5-6-8-28(26)34-32(37)40/h5-8,19-20,24,27,29,38H,4,9-18,21H2,1-3H3,(H,34,40)/t29-/m1/s1. The Kier molecular flexibility index (Phi) is 9.24. The summed E-state index contributed by atoms with van der Waals surface area (Å²) < 4.78 is 5.98. The molecule has 0 bridgehead atoms. The molecule has 9 nitrogen and oxygen atoms in total. The second-order valence-corrected chi connectivity index (χ2v) is 12.1. The first-order chi connectivity index (χ1) is 20.2. The SMILES string of the molecule is CCC1CCN(C(=O)[C@@H](Cc2cc(C)c(O)c(C)c2)OC(=O)N2CCC(N3CCc4ccccc4NC3=O)CC2)CC1. The smallest absolute Gasteiger partial charge is 0.410 e. The highest BCUT2D eigenvalue weighted by atomic mass is 16.6. The van der Waals surface area contributed by atoms with Gasteiger partial charge in [-0.3, -0.25) is 4.79 Å². The maximum atomic E-state index is 13.7. The number of aryl methyl sites for hydroxylation is 2. The first-order valence-electron chi connectivity index (χ1n) is 15.4. The van der Waals surface area contributed by atoms with Gasteiger partial charge in [-0.2, -0.15) is 0 Å². The van der Waals surface area contributed by atoms with Crippen LogP contribution in [-0.2, 0) is 22.4 Å². The molecule has 42 heavy (non-hydrogen) atoms. The number of phenolic OH excluding ortho intramolecular Hbond substituents is 1. The number of rotatable bonds is 6. The topological polar surface area (TPSA) is 102 Å². The van der Waals surface area contributed by atoms with Crippen molar-refractivity contribution in [2.24, 2.45) is 5.92 Å². The van der Waals surface area contributed by atoms with Crippen LogP contribution in [0.25, 0.3) is 0 Å². The van der Waals surface area contributed by atoms with Crippen LogP contribution in [0.15, 0.2) is 36.4 Å². The van der Waals surface area contributed by atoms with Crippen LogP contribution in [0.3, 0.4) is 0 Å². The number of nitrogens with zero attached hydrogens (tertiary/aromatic N) is 3. The number of benzene rings is 2. The summed E-state index contributed by atoms with van der Waals surface area (Å²) in [6.45, 7) is 8.74. The molecule has 4 amide bonds. The summed E-state index contributed by atoms with van der Waals surface area (Å²) in [6, 6.07) is 11.5. The van der Waals surface area contributed by atoms with E-state index in [0.717, 1.165) is 53.6 Å². The Labute approximate surface area is 248 Å². The van der Waals surface area contributed by atoms with Crippen molar-refractivity contribution in [3.05, 3.63) is 58.7 Å². The number of hydrogen-bond acceptors (Lipinski definition) is 5. The number of urea groups is 1. The first kappa shape index (κ1) is 29.7. The molecule has 0 radical (unpaired) electrons. The lowest BCUT2D eigenvalue weighted by Crippen LogP contribution is -2.51. The largest absolute Gasteiger partial charge is 0.507 e. The molecule has 2 aromatic carbocycles. The normalized spacial score (nSPS) is 19.1. The van der Waals surface area contributed by atoms with Crippen molar-refractivity contribution in [3.63, 3.8) is 0 Å². The minimum atomic E-state index is -0.938. The third kappa shape index (κ3) is 6.66. The van der Waals surface area contributed by atoms with Crippen molar-refractivity contribution in [2.75, 3.05) is 38.0 Å². The number of piperidine rings is 2. The molecule has 0 spiro atoms. The number of fused-ring (bicyclic) bond motifs is 1. The fraction of sp³-hybridized carbons (Fsp3) is 0.545. The maximum absolute atomic E-state index is 13.7. The number of anilines is 1. The van der Waals surface area contributed by atoms with Crippen molar-refractivity contribution in [1.82, 2.24) is 14.7 Å². The minimum Gasteiger partial charge on any atom is -0.507 e. The zero-order valence-electron chi connectivity index (χ0n) is 25.1. The maximum Gasteiger partial charge on any atom is 0.410 e. The predicted octanol–water partition coefficient (Wildman–Crippen LogP) is 5.26. The quantitative estimate of drug-likeness (QED) is 0.489. The van der Waals surface area contributed by atoms with Crippen LogP contribution < -0.4 is 5.32 Å². The number of ether oxygens (including phenoxy) is 1. The number of phenols is 1. The van der Waals surface area contributed by atoms with Gasteiger partial charge in [0.2, 0.25) is 0 Å². The van der Waals surface area contributed by atoms with Gasteiger partial charge >= 0.3 is 12.1 Å². The molecule has 5 rings (SSSR count). The fourth-order valence-electron chi connectivity index (χ4n) is 6.62. The van der Waals surface area contributed by atoms with Gasteiger partial charge < -0.3 is 29.9 Å². The van der Waals surface area contributed by atoms with Crippen molar-refractivity contribution in [1.29, 1.82) is 0 Å².